The summed E-state index contributed by atoms with van der Waals surface area (Å²) in [6, 6.07) is 5.17. The van der Waals surface area contributed by atoms with E-state index in [4.69, 9.17) is 0 Å². The first-order chi connectivity index (χ1) is 16.3. The molecular formula is C22H17F3N8O. The van der Waals surface area contributed by atoms with E-state index in [1.165, 1.54) is 10.7 Å². The van der Waals surface area contributed by atoms with Crippen LogP contribution in [0.5, 0.6) is 0 Å². The molecule has 0 aliphatic heterocycles. The van der Waals surface area contributed by atoms with E-state index >= 15 is 0 Å². The Bertz CT molecular complexity index is 1450. The lowest BCUT2D eigenvalue weighted by Crippen LogP contribution is -2.28. The maximum atomic E-state index is 12.9. The number of fused-ring (bicyclic) bond motifs is 1. The Labute approximate surface area is 190 Å². The Balaban J connectivity index is 1.57. The predicted octanol–water partition coefficient (Wildman–Crippen LogP) is 3.47. The van der Waals surface area contributed by atoms with Crippen LogP contribution in [-0.2, 0) is 6.18 Å². The molecule has 1 aliphatic carbocycles. The number of hydrogen-bond donors (Lipinski definition) is 1. The zero-order valence-corrected chi connectivity index (χ0v) is 17.8. The minimum absolute atomic E-state index is 0.00912. The second kappa shape index (κ2) is 8.02. The summed E-state index contributed by atoms with van der Waals surface area (Å²) in [6.07, 6.45) is 1.48. The molecule has 0 amide bonds. The quantitative estimate of drug-likeness (QED) is 0.488. The SMILES string of the molecule is C[C@H](c1ccc(C(F)(F)F)nc1)n1nc(C#N)c2c(=O)[nH]c([C@H]3CC[C@@H]3c3ncccn3)nc21. The predicted molar refractivity (Wildman–Crippen MR) is 113 cm³/mol. The molecule has 0 aromatic carbocycles. The largest absolute Gasteiger partial charge is 0.433 e. The molecule has 34 heavy (non-hydrogen) atoms. The minimum Gasteiger partial charge on any atom is -0.310 e. The van der Waals surface area contributed by atoms with Crippen molar-refractivity contribution in [2.45, 2.75) is 43.8 Å². The number of halogens is 3. The number of rotatable bonds is 4. The van der Waals surface area contributed by atoms with Crippen LogP contribution in [0.2, 0.25) is 0 Å². The van der Waals surface area contributed by atoms with Gasteiger partial charge in [0.25, 0.3) is 5.56 Å². The Kier molecular flexibility index (Phi) is 5.11. The smallest absolute Gasteiger partial charge is 0.310 e. The number of nitriles is 1. The summed E-state index contributed by atoms with van der Waals surface area (Å²) in [5.41, 5.74) is -1.02. The van der Waals surface area contributed by atoms with Crippen molar-refractivity contribution < 1.29 is 13.2 Å². The van der Waals surface area contributed by atoms with Gasteiger partial charge >= 0.3 is 6.18 Å². The van der Waals surface area contributed by atoms with Gasteiger partial charge in [-0.1, -0.05) is 6.07 Å². The summed E-state index contributed by atoms with van der Waals surface area (Å²) in [5, 5.41) is 13.8. The third-order valence-corrected chi connectivity index (χ3v) is 6.16. The molecule has 1 fully saturated rings. The van der Waals surface area contributed by atoms with E-state index < -0.39 is 23.5 Å². The van der Waals surface area contributed by atoms with Crippen molar-refractivity contribution in [3.8, 4) is 6.07 Å². The van der Waals surface area contributed by atoms with Crippen LogP contribution >= 0.6 is 0 Å². The van der Waals surface area contributed by atoms with E-state index in [2.05, 4.69) is 30.0 Å². The molecule has 4 aromatic heterocycles. The van der Waals surface area contributed by atoms with Crippen molar-refractivity contribution in [2.24, 2.45) is 0 Å². The van der Waals surface area contributed by atoms with E-state index in [1.54, 1.807) is 25.4 Å². The van der Waals surface area contributed by atoms with Gasteiger partial charge in [-0.2, -0.15) is 23.5 Å². The van der Waals surface area contributed by atoms with E-state index in [9.17, 15) is 23.2 Å². The lowest BCUT2D eigenvalue weighted by molar-refractivity contribution is -0.141. The van der Waals surface area contributed by atoms with E-state index in [-0.39, 0.29) is 28.6 Å². The van der Waals surface area contributed by atoms with Gasteiger partial charge in [-0.25, -0.2) is 19.6 Å². The first-order valence-electron chi connectivity index (χ1n) is 10.5. The highest BCUT2D eigenvalue weighted by Crippen LogP contribution is 2.46. The van der Waals surface area contributed by atoms with Crippen LogP contribution < -0.4 is 5.56 Å². The third-order valence-electron chi connectivity index (χ3n) is 6.16. The van der Waals surface area contributed by atoms with Gasteiger partial charge in [0.15, 0.2) is 11.3 Å². The van der Waals surface area contributed by atoms with Crippen LogP contribution in [0.3, 0.4) is 0 Å². The maximum absolute atomic E-state index is 12.9. The second-order valence-corrected chi connectivity index (χ2v) is 8.10. The molecule has 4 aromatic rings. The Morgan fingerprint density at radius 2 is 1.91 bits per heavy atom. The number of alkyl halides is 3. The van der Waals surface area contributed by atoms with Gasteiger partial charge in [0.05, 0.1) is 6.04 Å². The van der Waals surface area contributed by atoms with Crippen molar-refractivity contribution in [3.05, 3.63) is 75.7 Å². The van der Waals surface area contributed by atoms with Gasteiger partial charge < -0.3 is 4.98 Å². The Morgan fingerprint density at radius 1 is 1.18 bits per heavy atom. The molecule has 0 radical (unpaired) electrons. The van der Waals surface area contributed by atoms with Gasteiger partial charge in [-0.3, -0.25) is 9.78 Å². The highest BCUT2D eigenvalue weighted by molar-refractivity contribution is 5.80. The van der Waals surface area contributed by atoms with Gasteiger partial charge in [0, 0.05) is 30.4 Å². The highest BCUT2D eigenvalue weighted by atomic mass is 19.4. The maximum Gasteiger partial charge on any atom is 0.433 e. The number of pyridine rings is 1. The first kappa shape index (κ1) is 21.7. The zero-order chi connectivity index (χ0) is 24.0. The molecule has 0 spiro atoms. The van der Waals surface area contributed by atoms with Crippen molar-refractivity contribution >= 4 is 11.0 Å². The van der Waals surface area contributed by atoms with Crippen LogP contribution in [0.4, 0.5) is 13.2 Å². The van der Waals surface area contributed by atoms with Crippen LogP contribution in [0, 0.1) is 11.3 Å². The molecule has 9 nitrogen and oxygen atoms in total. The first-order valence-corrected chi connectivity index (χ1v) is 10.5. The summed E-state index contributed by atoms with van der Waals surface area (Å²) >= 11 is 0. The lowest BCUT2D eigenvalue weighted by atomic mass is 9.72. The normalized spacial score (nSPS) is 18.9. The third kappa shape index (κ3) is 3.59. The molecule has 172 valence electrons. The fourth-order valence-electron chi connectivity index (χ4n) is 4.19. The van der Waals surface area contributed by atoms with Crippen molar-refractivity contribution in [3.63, 3.8) is 0 Å². The molecule has 12 heteroatoms. The number of H-pyrrole nitrogens is 1. The molecule has 1 N–H and O–H groups in total. The second-order valence-electron chi connectivity index (χ2n) is 8.10. The molecule has 1 saturated carbocycles. The summed E-state index contributed by atoms with van der Waals surface area (Å²) in [7, 11) is 0. The Hall–Kier alpha value is -4.14. The Morgan fingerprint density at radius 3 is 2.50 bits per heavy atom. The molecular weight excluding hydrogens is 449 g/mol. The van der Waals surface area contributed by atoms with Crippen molar-refractivity contribution in [2.75, 3.05) is 0 Å². The lowest BCUT2D eigenvalue weighted by Gasteiger charge is -2.34. The van der Waals surface area contributed by atoms with E-state index in [0.29, 0.717) is 17.2 Å². The molecule has 0 saturated heterocycles. The average molecular weight is 466 g/mol. The van der Waals surface area contributed by atoms with Gasteiger partial charge in [-0.15, -0.1) is 0 Å². The van der Waals surface area contributed by atoms with Crippen molar-refractivity contribution in [1.82, 2.24) is 34.7 Å². The monoisotopic (exact) mass is 466 g/mol. The fraction of sp³-hybridized carbons (Fsp3) is 0.318. The number of hydrogen-bond acceptors (Lipinski definition) is 7. The summed E-state index contributed by atoms with van der Waals surface area (Å²) in [4.78, 5) is 32.5. The van der Waals surface area contributed by atoms with Gasteiger partial charge in [0.1, 0.15) is 28.8 Å². The minimum atomic E-state index is -4.56. The van der Waals surface area contributed by atoms with Crippen molar-refractivity contribution in [1.29, 1.82) is 5.26 Å². The summed E-state index contributed by atoms with van der Waals surface area (Å²) in [6.45, 7) is 1.68. The van der Waals surface area contributed by atoms with E-state index in [0.717, 1.165) is 25.1 Å². The number of nitrogens with zero attached hydrogens (tertiary/aromatic N) is 7. The number of aromatic nitrogens is 7. The summed E-state index contributed by atoms with van der Waals surface area (Å²) in [5.74, 6) is 0.975. The van der Waals surface area contributed by atoms with Gasteiger partial charge in [0.2, 0.25) is 0 Å². The zero-order valence-electron chi connectivity index (χ0n) is 17.8. The molecule has 5 rings (SSSR count). The molecule has 1 aliphatic rings. The fourth-order valence-corrected chi connectivity index (χ4v) is 4.19. The average Bonchev–Trinajstić information content (AvgIpc) is 3.17. The molecule has 0 bridgehead atoms. The number of aromatic amines is 1. The standard InChI is InChI=1S/C22H17F3N8O/c1-11(12-3-6-16(29-10-12)22(23,24)25)33-20-17(15(9-26)32-33)21(34)31-19(30-20)14-5-4-13(14)18-27-7-2-8-28-18/h2-3,6-8,10-11,13-14H,4-5H2,1H3,(H,30,31,34)/t11-,13+,14+/m1/s1. The van der Waals surface area contributed by atoms with Crippen LogP contribution in [-0.4, -0.2) is 34.7 Å². The van der Waals surface area contributed by atoms with Crippen LogP contribution in [0.15, 0.2) is 41.6 Å². The highest BCUT2D eigenvalue weighted by Gasteiger charge is 2.38. The molecule has 0 unspecified atom stereocenters. The van der Waals surface area contributed by atoms with Gasteiger partial charge in [-0.05, 0) is 37.5 Å². The van der Waals surface area contributed by atoms with E-state index in [1.807, 2.05) is 6.07 Å². The van der Waals surface area contributed by atoms with Crippen LogP contribution in [0.25, 0.3) is 11.0 Å². The molecule has 4 heterocycles. The van der Waals surface area contributed by atoms with Crippen LogP contribution in [0.1, 0.15) is 66.2 Å². The molecule has 3 atom stereocenters. The summed E-state index contributed by atoms with van der Waals surface area (Å²) < 4.78 is 40.0. The number of nitrogens with one attached hydrogen (secondary N) is 1. The topological polar surface area (TPSA) is 126 Å².